The Balaban J connectivity index is 1.71. The summed E-state index contributed by atoms with van der Waals surface area (Å²) >= 11 is 0. The third-order valence-electron chi connectivity index (χ3n) is 5.11. The van der Waals surface area contributed by atoms with E-state index in [1.807, 2.05) is 24.0 Å². The lowest BCUT2D eigenvalue weighted by Gasteiger charge is -2.37. The number of allylic oxidation sites excluding steroid dienone is 3. The number of rotatable bonds is 5. The van der Waals surface area contributed by atoms with E-state index in [9.17, 15) is 22.8 Å². The molecule has 2 unspecified atom stereocenters. The van der Waals surface area contributed by atoms with Crippen LogP contribution in [-0.2, 0) is 9.59 Å². The maximum absolute atomic E-state index is 13.5. The van der Waals surface area contributed by atoms with Gasteiger partial charge in [-0.2, -0.15) is 0 Å². The fourth-order valence-electron chi connectivity index (χ4n) is 3.38. The minimum atomic E-state index is -2.68. The normalized spacial score (nSPS) is 23.2. The molecule has 3 rings (SSSR count). The third kappa shape index (κ3) is 4.67. The molecule has 1 aliphatic heterocycles. The summed E-state index contributed by atoms with van der Waals surface area (Å²) in [6.07, 6.45) is 4.83. The number of halogens is 3. The smallest absolute Gasteiger partial charge is 0.250 e. The van der Waals surface area contributed by atoms with Crippen molar-refractivity contribution < 1.29 is 22.8 Å². The van der Waals surface area contributed by atoms with Gasteiger partial charge in [-0.25, -0.2) is 13.2 Å². The SMILES string of the molecule is Cc1ccc(C(CNC(=O)C2C=CC=C(F)C2=O)N2CCC(F)(F)CC2)cn1. The van der Waals surface area contributed by atoms with Crippen LogP contribution in [-0.4, -0.2) is 47.1 Å². The van der Waals surface area contributed by atoms with Gasteiger partial charge in [-0.3, -0.25) is 19.5 Å². The fourth-order valence-corrected chi connectivity index (χ4v) is 3.38. The van der Waals surface area contributed by atoms with E-state index in [2.05, 4.69) is 10.3 Å². The first-order valence-corrected chi connectivity index (χ1v) is 9.17. The first-order valence-electron chi connectivity index (χ1n) is 9.17. The zero-order chi connectivity index (χ0) is 20.3. The number of amides is 1. The number of carbonyl (C=O) groups excluding carboxylic acids is 2. The van der Waals surface area contributed by atoms with E-state index in [0.29, 0.717) is 0 Å². The van der Waals surface area contributed by atoms with Crippen LogP contribution in [0.2, 0.25) is 0 Å². The van der Waals surface area contributed by atoms with Gasteiger partial charge in [0.1, 0.15) is 5.92 Å². The van der Waals surface area contributed by atoms with Crippen LogP contribution < -0.4 is 5.32 Å². The van der Waals surface area contributed by atoms with E-state index >= 15 is 0 Å². The molecule has 0 saturated carbocycles. The Kier molecular flexibility index (Phi) is 5.98. The van der Waals surface area contributed by atoms with Gasteiger partial charge >= 0.3 is 0 Å². The number of carbonyl (C=O) groups is 2. The molecular formula is C20H22F3N3O2. The molecule has 1 aromatic rings. The van der Waals surface area contributed by atoms with Crippen molar-refractivity contribution in [2.24, 2.45) is 5.92 Å². The Morgan fingerprint density at radius 3 is 2.71 bits per heavy atom. The average Bonchev–Trinajstić information content (AvgIpc) is 2.66. The number of aryl methyl sites for hydroxylation is 1. The number of pyridine rings is 1. The highest BCUT2D eigenvalue weighted by molar-refractivity contribution is 6.11. The molecule has 150 valence electrons. The molecule has 1 saturated heterocycles. The number of ketones is 1. The summed E-state index contributed by atoms with van der Waals surface area (Å²) in [5.74, 6) is -6.35. The molecule has 2 heterocycles. The van der Waals surface area contributed by atoms with Crippen LogP contribution in [0.5, 0.6) is 0 Å². The van der Waals surface area contributed by atoms with Gasteiger partial charge in [0.15, 0.2) is 5.83 Å². The second-order valence-corrected chi connectivity index (χ2v) is 7.13. The van der Waals surface area contributed by atoms with E-state index in [1.54, 1.807) is 6.20 Å². The second kappa shape index (κ2) is 8.26. The molecule has 1 aliphatic carbocycles. The standard InChI is InChI=1S/C20H22F3N3O2/c1-13-5-6-14(11-24-13)17(26-9-7-20(22,23)8-10-26)12-25-19(28)15-3-2-4-16(21)18(15)27/h2-6,11,15,17H,7-10,12H2,1H3,(H,25,28). The van der Waals surface area contributed by atoms with Gasteiger partial charge in [0.05, 0.1) is 6.04 Å². The molecule has 0 radical (unpaired) electrons. The third-order valence-corrected chi connectivity index (χ3v) is 5.11. The summed E-state index contributed by atoms with van der Waals surface area (Å²) in [5, 5.41) is 2.67. The van der Waals surface area contributed by atoms with Crippen molar-refractivity contribution in [2.75, 3.05) is 19.6 Å². The largest absolute Gasteiger partial charge is 0.353 e. The number of hydrogen-bond acceptors (Lipinski definition) is 4. The zero-order valence-electron chi connectivity index (χ0n) is 15.5. The molecule has 0 aromatic carbocycles. The number of alkyl halides is 2. The first-order chi connectivity index (χ1) is 13.3. The van der Waals surface area contributed by atoms with Gasteiger partial charge in [0, 0.05) is 44.4 Å². The van der Waals surface area contributed by atoms with Crippen LogP contribution in [0.4, 0.5) is 13.2 Å². The molecule has 1 aromatic heterocycles. The van der Waals surface area contributed by atoms with Crippen molar-refractivity contribution in [3.05, 3.63) is 53.6 Å². The van der Waals surface area contributed by atoms with Gasteiger partial charge in [-0.15, -0.1) is 0 Å². The van der Waals surface area contributed by atoms with Crippen LogP contribution in [0.3, 0.4) is 0 Å². The highest BCUT2D eigenvalue weighted by atomic mass is 19.3. The Morgan fingerprint density at radius 1 is 1.36 bits per heavy atom. The van der Waals surface area contributed by atoms with Gasteiger partial charge in [0.25, 0.3) is 5.92 Å². The second-order valence-electron chi connectivity index (χ2n) is 7.13. The molecule has 2 atom stereocenters. The van der Waals surface area contributed by atoms with E-state index in [4.69, 9.17) is 0 Å². The lowest BCUT2D eigenvalue weighted by Crippen LogP contribution is -2.46. The molecule has 0 bridgehead atoms. The van der Waals surface area contributed by atoms with Crippen molar-refractivity contribution in [2.45, 2.75) is 31.7 Å². The molecule has 0 spiro atoms. The van der Waals surface area contributed by atoms with Crippen LogP contribution in [0, 0.1) is 12.8 Å². The lowest BCUT2D eigenvalue weighted by molar-refractivity contribution is -0.131. The number of likely N-dealkylation sites (tertiary alicyclic amines) is 1. The zero-order valence-corrected chi connectivity index (χ0v) is 15.5. The molecular weight excluding hydrogens is 371 g/mol. The van der Waals surface area contributed by atoms with Gasteiger partial charge in [-0.1, -0.05) is 18.2 Å². The molecule has 28 heavy (non-hydrogen) atoms. The molecule has 2 aliphatic rings. The monoisotopic (exact) mass is 393 g/mol. The van der Waals surface area contributed by atoms with E-state index in [-0.39, 0.29) is 38.5 Å². The van der Waals surface area contributed by atoms with E-state index in [1.165, 1.54) is 12.2 Å². The number of nitrogens with zero attached hydrogens (tertiary/aromatic N) is 2. The predicted octanol–water partition coefficient (Wildman–Crippen LogP) is 2.89. The highest BCUT2D eigenvalue weighted by Crippen LogP contribution is 2.32. The summed E-state index contributed by atoms with van der Waals surface area (Å²) < 4.78 is 40.5. The van der Waals surface area contributed by atoms with Gasteiger partial charge in [0.2, 0.25) is 11.7 Å². The van der Waals surface area contributed by atoms with Crippen molar-refractivity contribution in [1.82, 2.24) is 15.2 Å². The topological polar surface area (TPSA) is 62.3 Å². The minimum absolute atomic E-state index is 0.109. The van der Waals surface area contributed by atoms with Crippen LogP contribution in [0.15, 0.2) is 42.4 Å². The first kappa shape index (κ1) is 20.3. The highest BCUT2D eigenvalue weighted by Gasteiger charge is 2.37. The summed E-state index contributed by atoms with van der Waals surface area (Å²) in [4.78, 5) is 30.4. The maximum Gasteiger partial charge on any atom is 0.250 e. The Bertz CT molecular complexity index is 795. The predicted molar refractivity (Wildman–Crippen MR) is 97.3 cm³/mol. The van der Waals surface area contributed by atoms with Gasteiger partial charge in [-0.05, 0) is 24.6 Å². The average molecular weight is 393 g/mol. The van der Waals surface area contributed by atoms with Crippen LogP contribution in [0.25, 0.3) is 0 Å². The summed E-state index contributed by atoms with van der Waals surface area (Å²) in [6, 6.07) is 3.30. The molecule has 8 heteroatoms. The molecule has 1 amide bonds. The van der Waals surface area contributed by atoms with Crippen LogP contribution >= 0.6 is 0 Å². The van der Waals surface area contributed by atoms with Crippen molar-refractivity contribution >= 4 is 11.7 Å². The van der Waals surface area contributed by atoms with Crippen molar-refractivity contribution in [1.29, 1.82) is 0 Å². The fraction of sp³-hybridized carbons (Fsp3) is 0.450. The minimum Gasteiger partial charge on any atom is -0.353 e. The Labute approximate surface area is 161 Å². The molecule has 5 nitrogen and oxygen atoms in total. The molecule has 1 N–H and O–H groups in total. The summed E-state index contributed by atoms with van der Waals surface area (Å²) in [7, 11) is 0. The molecule has 1 fully saturated rings. The lowest BCUT2D eigenvalue weighted by atomic mass is 9.97. The quantitative estimate of drug-likeness (QED) is 0.782. The number of nitrogens with one attached hydrogen (secondary N) is 1. The van der Waals surface area contributed by atoms with Gasteiger partial charge < -0.3 is 5.32 Å². The van der Waals surface area contributed by atoms with Crippen molar-refractivity contribution in [3.8, 4) is 0 Å². The summed E-state index contributed by atoms with van der Waals surface area (Å²) in [5.41, 5.74) is 1.60. The number of aromatic nitrogens is 1. The Morgan fingerprint density at radius 2 is 2.07 bits per heavy atom. The number of Topliss-reactive ketones (excluding diaryl/α,β-unsaturated/α-hetero) is 1. The number of piperidine rings is 1. The van der Waals surface area contributed by atoms with Crippen LogP contribution in [0.1, 0.15) is 30.1 Å². The van der Waals surface area contributed by atoms with E-state index in [0.717, 1.165) is 17.3 Å². The summed E-state index contributed by atoms with van der Waals surface area (Å²) in [6.45, 7) is 2.31. The van der Waals surface area contributed by atoms with Crippen molar-refractivity contribution in [3.63, 3.8) is 0 Å². The Hall–Kier alpha value is -2.48. The number of hydrogen-bond donors (Lipinski definition) is 1. The van der Waals surface area contributed by atoms with E-state index < -0.39 is 29.4 Å². The maximum atomic E-state index is 13.5.